The number of nitrogens with one attached hydrogen (secondary N) is 1. The van der Waals surface area contributed by atoms with Crippen LogP contribution in [0.2, 0.25) is 0 Å². The van der Waals surface area contributed by atoms with Gasteiger partial charge in [-0.1, -0.05) is 12.1 Å². The maximum atomic E-state index is 11.4. The molecule has 1 amide bonds. The highest BCUT2D eigenvalue weighted by molar-refractivity contribution is 5.99. The Bertz CT molecular complexity index is 628. The van der Waals surface area contributed by atoms with Gasteiger partial charge in [0.2, 0.25) is 0 Å². The van der Waals surface area contributed by atoms with Gasteiger partial charge in [0.15, 0.2) is 0 Å². The fourth-order valence-electron chi connectivity index (χ4n) is 1.75. The average molecular weight is 272 g/mol. The third-order valence-electron chi connectivity index (χ3n) is 2.61. The lowest BCUT2D eigenvalue weighted by molar-refractivity contribution is 0.100. The Hall–Kier alpha value is -2.76. The van der Waals surface area contributed by atoms with Gasteiger partial charge in [0.05, 0.1) is 29.7 Å². The number of anilines is 3. The van der Waals surface area contributed by atoms with Crippen molar-refractivity contribution in [1.29, 1.82) is 0 Å². The molecule has 6 nitrogen and oxygen atoms in total. The van der Waals surface area contributed by atoms with Crippen LogP contribution in [0.15, 0.2) is 36.5 Å². The number of amides is 1. The topological polar surface area (TPSA) is 103 Å². The van der Waals surface area contributed by atoms with E-state index in [4.69, 9.17) is 16.2 Å². The molecular formula is C14H16N4O2. The number of nitrogens with zero attached hydrogens (tertiary/aromatic N) is 1. The number of ether oxygens (including phenoxy) is 1. The Kier molecular flexibility index (Phi) is 4.05. The van der Waals surface area contributed by atoms with Gasteiger partial charge >= 0.3 is 0 Å². The van der Waals surface area contributed by atoms with E-state index in [0.717, 1.165) is 0 Å². The normalized spacial score (nSPS) is 10.1. The number of nitrogens with two attached hydrogens (primary N) is 2. The molecule has 1 aromatic carbocycles. The summed E-state index contributed by atoms with van der Waals surface area (Å²) in [4.78, 5) is 15.5. The average Bonchev–Trinajstić information content (AvgIpc) is 2.43. The minimum atomic E-state index is -0.596. The molecule has 2 rings (SSSR count). The molecule has 0 fully saturated rings. The molecule has 2 aromatic rings. The van der Waals surface area contributed by atoms with Gasteiger partial charge in [-0.3, -0.25) is 4.79 Å². The summed E-state index contributed by atoms with van der Waals surface area (Å²) in [6, 6.07) is 8.86. The number of para-hydroxylation sites is 2. The zero-order chi connectivity index (χ0) is 14.5. The third kappa shape index (κ3) is 2.97. The van der Waals surface area contributed by atoms with Gasteiger partial charge in [-0.2, -0.15) is 0 Å². The van der Waals surface area contributed by atoms with E-state index < -0.39 is 5.91 Å². The molecule has 0 aliphatic carbocycles. The van der Waals surface area contributed by atoms with E-state index in [0.29, 0.717) is 29.5 Å². The number of pyridine rings is 1. The molecule has 0 saturated heterocycles. The minimum absolute atomic E-state index is 0.233. The van der Waals surface area contributed by atoms with Gasteiger partial charge in [0, 0.05) is 0 Å². The molecule has 1 aromatic heterocycles. The zero-order valence-electron chi connectivity index (χ0n) is 11.1. The van der Waals surface area contributed by atoms with E-state index in [2.05, 4.69) is 10.3 Å². The lowest BCUT2D eigenvalue weighted by Gasteiger charge is -2.13. The standard InChI is InChI=1S/C14H16N4O2/c1-2-20-12-6-4-3-5-11(12)18-14-10(13(16)19)7-9(15)8-17-14/h3-8H,2,15H2,1H3,(H2,16,19)(H,17,18). The van der Waals surface area contributed by atoms with Crippen molar-refractivity contribution in [2.45, 2.75) is 6.92 Å². The molecule has 1 heterocycles. The fourth-order valence-corrected chi connectivity index (χ4v) is 1.75. The maximum absolute atomic E-state index is 11.4. The van der Waals surface area contributed by atoms with Gasteiger partial charge in [0.25, 0.3) is 5.91 Å². The summed E-state index contributed by atoms with van der Waals surface area (Å²) in [6.07, 6.45) is 1.46. The Morgan fingerprint density at radius 2 is 2.15 bits per heavy atom. The van der Waals surface area contributed by atoms with Crippen molar-refractivity contribution in [3.8, 4) is 5.75 Å². The molecule has 0 aliphatic heterocycles. The molecule has 0 saturated carbocycles. The Morgan fingerprint density at radius 1 is 1.40 bits per heavy atom. The molecule has 0 aliphatic rings. The summed E-state index contributed by atoms with van der Waals surface area (Å²) in [5.74, 6) is 0.420. The van der Waals surface area contributed by atoms with Crippen LogP contribution < -0.4 is 21.5 Å². The molecule has 104 valence electrons. The van der Waals surface area contributed by atoms with Crippen LogP contribution in [-0.4, -0.2) is 17.5 Å². The van der Waals surface area contributed by atoms with Crippen LogP contribution in [-0.2, 0) is 0 Å². The molecule has 0 spiro atoms. The highest BCUT2D eigenvalue weighted by atomic mass is 16.5. The molecule has 0 radical (unpaired) electrons. The summed E-state index contributed by atoms with van der Waals surface area (Å²) in [7, 11) is 0. The smallest absolute Gasteiger partial charge is 0.252 e. The van der Waals surface area contributed by atoms with Crippen molar-refractivity contribution in [3.05, 3.63) is 42.1 Å². The van der Waals surface area contributed by atoms with Crippen molar-refractivity contribution in [2.24, 2.45) is 5.73 Å². The number of carbonyl (C=O) groups is 1. The third-order valence-corrected chi connectivity index (χ3v) is 2.61. The van der Waals surface area contributed by atoms with Crippen LogP contribution in [0.1, 0.15) is 17.3 Å². The quantitative estimate of drug-likeness (QED) is 0.771. The molecule has 5 N–H and O–H groups in total. The number of hydrogen-bond donors (Lipinski definition) is 3. The first-order valence-corrected chi connectivity index (χ1v) is 6.16. The lowest BCUT2D eigenvalue weighted by atomic mass is 10.2. The zero-order valence-corrected chi connectivity index (χ0v) is 11.1. The molecule has 20 heavy (non-hydrogen) atoms. The molecule has 6 heteroatoms. The summed E-state index contributed by atoms with van der Waals surface area (Å²) in [6.45, 7) is 2.43. The van der Waals surface area contributed by atoms with E-state index in [9.17, 15) is 4.79 Å². The largest absolute Gasteiger partial charge is 0.492 e. The van der Waals surface area contributed by atoms with Crippen LogP contribution >= 0.6 is 0 Å². The van der Waals surface area contributed by atoms with Crippen molar-refractivity contribution < 1.29 is 9.53 Å². The van der Waals surface area contributed by atoms with Crippen LogP contribution in [0.25, 0.3) is 0 Å². The first kappa shape index (κ1) is 13.7. The number of carbonyl (C=O) groups excluding carboxylic acids is 1. The molecule has 0 bridgehead atoms. The van der Waals surface area contributed by atoms with Crippen LogP contribution in [0, 0.1) is 0 Å². The van der Waals surface area contributed by atoms with Crippen molar-refractivity contribution in [3.63, 3.8) is 0 Å². The predicted molar refractivity (Wildman–Crippen MR) is 78.1 cm³/mol. The summed E-state index contributed by atoms with van der Waals surface area (Å²) in [5, 5.41) is 3.04. The highest BCUT2D eigenvalue weighted by Crippen LogP contribution is 2.28. The summed E-state index contributed by atoms with van der Waals surface area (Å²) < 4.78 is 5.50. The second-order valence-corrected chi connectivity index (χ2v) is 4.08. The first-order valence-electron chi connectivity index (χ1n) is 6.16. The number of primary amides is 1. The van der Waals surface area contributed by atoms with Crippen LogP contribution in [0.3, 0.4) is 0 Å². The number of benzene rings is 1. The Labute approximate surface area is 116 Å². The van der Waals surface area contributed by atoms with E-state index >= 15 is 0 Å². The van der Waals surface area contributed by atoms with Crippen molar-refractivity contribution in [2.75, 3.05) is 17.7 Å². The number of nitrogen functional groups attached to an aromatic ring is 1. The fraction of sp³-hybridized carbons (Fsp3) is 0.143. The van der Waals surface area contributed by atoms with E-state index in [1.807, 2.05) is 31.2 Å². The monoisotopic (exact) mass is 272 g/mol. The second-order valence-electron chi connectivity index (χ2n) is 4.08. The number of aromatic nitrogens is 1. The van der Waals surface area contributed by atoms with E-state index in [-0.39, 0.29) is 5.56 Å². The number of rotatable bonds is 5. The maximum Gasteiger partial charge on any atom is 0.252 e. The predicted octanol–water partition coefficient (Wildman–Crippen LogP) is 1.90. The summed E-state index contributed by atoms with van der Waals surface area (Å²) in [5.41, 5.74) is 12.3. The highest BCUT2D eigenvalue weighted by Gasteiger charge is 2.12. The number of hydrogen-bond acceptors (Lipinski definition) is 5. The summed E-state index contributed by atoms with van der Waals surface area (Å²) >= 11 is 0. The Morgan fingerprint density at radius 3 is 2.85 bits per heavy atom. The molecule has 0 atom stereocenters. The minimum Gasteiger partial charge on any atom is -0.492 e. The van der Waals surface area contributed by atoms with Gasteiger partial charge < -0.3 is 21.5 Å². The van der Waals surface area contributed by atoms with Crippen LogP contribution in [0.4, 0.5) is 17.2 Å². The van der Waals surface area contributed by atoms with Gasteiger partial charge in [-0.05, 0) is 25.1 Å². The molecular weight excluding hydrogens is 256 g/mol. The van der Waals surface area contributed by atoms with Crippen LogP contribution in [0.5, 0.6) is 5.75 Å². The first-order chi connectivity index (χ1) is 9.61. The van der Waals surface area contributed by atoms with E-state index in [1.165, 1.54) is 12.3 Å². The van der Waals surface area contributed by atoms with Gasteiger partial charge in [0.1, 0.15) is 11.6 Å². The second kappa shape index (κ2) is 5.92. The van der Waals surface area contributed by atoms with Gasteiger partial charge in [-0.15, -0.1) is 0 Å². The van der Waals surface area contributed by atoms with Gasteiger partial charge in [-0.25, -0.2) is 4.98 Å². The van der Waals surface area contributed by atoms with Crippen molar-refractivity contribution in [1.82, 2.24) is 4.98 Å². The SMILES string of the molecule is CCOc1ccccc1Nc1ncc(N)cc1C(N)=O. The van der Waals surface area contributed by atoms with Crippen molar-refractivity contribution >= 4 is 23.1 Å². The molecule has 0 unspecified atom stereocenters. The Balaban J connectivity index is 2.37. The van der Waals surface area contributed by atoms with E-state index in [1.54, 1.807) is 0 Å². The lowest BCUT2D eigenvalue weighted by Crippen LogP contribution is -2.15.